The van der Waals surface area contributed by atoms with Crippen LogP contribution in [0.4, 0.5) is 0 Å². The maximum Gasteiger partial charge on any atom is 0.299 e. The minimum atomic E-state index is -0.261. The van der Waals surface area contributed by atoms with E-state index >= 15 is 0 Å². The molecule has 0 aliphatic carbocycles. The van der Waals surface area contributed by atoms with E-state index < -0.39 is 0 Å². The van der Waals surface area contributed by atoms with Gasteiger partial charge < -0.3 is 4.52 Å². The highest BCUT2D eigenvalue weighted by Crippen LogP contribution is 2.13. The smallest absolute Gasteiger partial charge is 0.299 e. The van der Waals surface area contributed by atoms with Crippen LogP contribution in [0.15, 0.2) is 33.3 Å². The molecule has 1 aromatic heterocycles. The van der Waals surface area contributed by atoms with Gasteiger partial charge in [0.25, 0.3) is 11.7 Å². The molecule has 15 heavy (non-hydrogen) atoms. The lowest BCUT2D eigenvalue weighted by molar-refractivity contribution is 0.0994. The zero-order valence-corrected chi connectivity index (χ0v) is 9.48. The van der Waals surface area contributed by atoms with Crippen LogP contribution in [0.1, 0.15) is 22.1 Å². The Morgan fingerprint density at radius 2 is 2.00 bits per heavy atom. The van der Waals surface area contributed by atoms with Gasteiger partial charge in [-0.15, -0.1) is 0 Å². The second kappa shape index (κ2) is 3.94. The minimum absolute atomic E-state index is 0.0230. The number of nitrogens with zero attached hydrogens (tertiary/aromatic N) is 2. The predicted molar refractivity (Wildman–Crippen MR) is 56.6 cm³/mol. The van der Waals surface area contributed by atoms with Crippen molar-refractivity contribution in [2.75, 3.05) is 0 Å². The summed E-state index contributed by atoms with van der Waals surface area (Å²) < 4.78 is 5.71. The Morgan fingerprint density at radius 3 is 2.53 bits per heavy atom. The summed E-state index contributed by atoms with van der Waals surface area (Å²) in [6.45, 7) is 1.67. The summed E-state index contributed by atoms with van der Waals surface area (Å²) in [6, 6.07) is 6.98. The number of aryl methyl sites for hydroxylation is 1. The van der Waals surface area contributed by atoms with Gasteiger partial charge in [-0.05, 0) is 31.2 Å². The second-order valence-corrected chi connectivity index (χ2v) is 3.90. The summed E-state index contributed by atoms with van der Waals surface area (Å²) in [5, 5.41) is 3.56. The Balaban J connectivity index is 2.32. The molecule has 0 aliphatic heterocycles. The number of benzene rings is 1. The van der Waals surface area contributed by atoms with E-state index in [4.69, 9.17) is 4.52 Å². The lowest BCUT2D eigenvalue weighted by Gasteiger charge is -1.95. The van der Waals surface area contributed by atoms with Crippen LogP contribution < -0.4 is 0 Å². The quantitative estimate of drug-likeness (QED) is 0.784. The predicted octanol–water partition coefficient (Wildman–Crippen LogP) is 2.37. The molecule has 2 aromatic rings. The first kappa shape index (κ1) is 10.0. The molecule has 2 rings (SSSR count). The van der Waals surface area contributed by atoms with Crippen LogP contribution >= 0.6 is 15.9 Å². The van der Waals surface area contributed by atoms with Crippen molar-refractivity contribution in [2.45, 2.75) is 6.92 Å². The molecule has 0 atom stereocenters. The molecule has 0 N–H and O–H groups in total. The molecule has 1 heterocycles. The fraction of sp³-hybridized carbons (Fsp3) is 0.100. The zero-order valence-electron chi connectivity index (χ0n) is 7.90. The Kier molecular flexibility index (Phi) is 2.64. The molecule has 0 spiro atoms. The van der Waals surface area contributed by atoms with Crippen LogP contribution in [0.5, 0.6) is 0 Å². The van der Waals surface area contributed by atoms with E-state index in [1.807, 2.05) is 0 Å². The van der Waals surface area contributed by atoms with Crippen molar-refractivity contribution in [1.29, 1.82) is 0 Å². The van der Waals surface area contributed by atoms with Crippen LogP contribution in [-0.4, -0.2) is 15.9 Å². The SMILES string of the molecule is Cc1noc(C(=O)c2ccc(Br)cc2)n1. The van der Waals surface area contributed by atoms with Gasteiger partial charge >= 0.3 is 0 Å². The van der Waals surface area contributed by atoms with Crippen LogP contribution in [0, 0.1) is 6.92 Å². The molecule has 0 fully saturated rings. The number of rotatable bonds is 2. The monoisotopic (exact) mass is 266 g/mol. The molecular weight excluding hydrogens is 260 g/mol. The topological polar surface area (TPSA) is 56.0 Å². The summed E-state index contributed by atoms with van der Waals surface area (Å²) in [4.78, 5) is 15.6. The molecule has 0 amide bonds. The van der Waals surface area contributed by atoms with Gasteiger partial charge in [0.1, 0.15) is 0 Å². The summed E-state index contributed by atoms with van der Waals surface area (Å²) in [7, 11) is 0. The number of ketones is 1. The van der Waals surface area contributed by atoms with Crippen molar-refractivity contribution in [3.05, 3.63) is 46.0 Å². The number of hydrogen-bond acceptors (Lipinski definition) is 4. The minimum Gasteiger partial charge on any atom is -0.330 e. The van der Waals surface area contributed by atoms with E-state index in [0.717, 1.165) is 4.47 Å². The van der Waals surface area contributed by atoms with E-state index in [-0.39, 0.29) is 11.7 Å². The third kappa shape index (κ3) is 2.12. The Bertz CT molecular complexity index is 490. The molecule has 76 valence electrons. The van der Waals surface area contributed by atoms with Gasteiger partial charge in [0.2, 0.25) is 0 Å². The first-order chi connectivity index (χ1) is 7.16. The molecule has 0 aliphatic rings. The van der Waals surface area contributed by atoms with Crippen LogP contribution in [0.3, 0.4) is 0 Å². The fourth-order valence-electron chi connectivity index (χ4n) is 1.11. The van der Waals surface area contributed by atoms with Crippen molar-refractivity contribution in [1.82, 2.24) is 10.1 Å². The maximum atomic E-state index is 11.8. The van der Waals surface area contributed by atoms with E-state index in [1.54, 1.807) is 31.2 Å². The Morgan fingerprint density at radius 1 is 1.33 bits per heavy atom. The van der Waals surface area contributed by atoms with Crippen molar-refractivity contribution < 1.29 is 9.32 Å². The highest BCUT2D eigenvalue weighted by molar-refractivity contribution is 9.10. The van der Waals surface area contributed by atoms with Crippen LogP contribution in [0.2, 0.25) is 0 Å². The van der Waals surface area contributed by atoms with Crippen molar-refractivity contribution in [3.63, 3.8) is 0 Å². The third-order valence-corrected chi connectivity index (χ3v) is 2.36. The third-order valence-electron chi connectivity index (χ3n) is 1.83. The first-order valence-corrected chi connectivity index (χ1v) is 5.06. The van der Waals surface area contributed by atoms with Gasteiger partial charge in [0.05, 0.1) is 0 Å². The fourth-order valence-corrected chi connectivity index (χ4v) is 1.38. The van der Waals surface area contributed by atoms with Crippen molar-refractivity contribution in [2.24, 2.45) is 0 Å². The number of aromatic nitrogens is 2. The average Bonchev–Trinajstić information content (AvgIpc) is 2.65. The Labute approximate surface area is 94.4 Å². The summed E-state index contributed by atoms with van der Waals surface area (Å²) in [6.07, 6.45) is 0. The molecule has 0 saturated heterocycles. The largest absolute Gasteiger partial charge is 0.330 e. The normalized spacial score (nSPS) is 10.3. The molecule has 1 aromatic carbocycles. The van der Waals surface area contributed by atoms with E-state index in [1.165, 1.54) is 0 Å². The van der Waals surface area contributed by atoms with E-state index in [2.05, 4.69) is 26.1 Å². The van der Waals surface area contributed by atoms with Crippen LogP contribution in [0.25, 0.3) is 0 Å². The molecule has 0 radical (unpaired) electrons. The molecule has 0 bridgehead atoms. The van der Waals surface area contributed by atoms with Crippen molar-refractivity contribution >= 4 is 21.7 Å². The lowest BCUT2D eigenvalue weighted by Crippen LogP contribution is -2.01. The van der Waals surface area contributed by atoms with Gasteiger partial charge in [-0.25, -0.2) is 0 Å². The molecular formula is C10H7BrN2O2. The average molecular weight is 267 g/mol. The number of carbonyl (C=O) groups is 1. The summed E-state index contributed by atoms with van der Waals surface area (Å²) in [5.74, 6) is 0.216. The van der Waals surface area contributed by atoms with Gasteiger partial charge in [0.15, 0.2) is 5.82 Å². The molecule has 4 nitrogen and oxygen atoms in total. The number of halogens is 1. The van der Waals surface area contributed by atoms with Gasteiger partial charge in [-0.1, -0.05) is 21.1 Å². The molecule has 0 saturated carbocycles. The van der Waals surface area contributed by atoms with Gasteiger partial charge in [-0.2, -0.15) is 4.98 Å². The van der Waals surface area contributed by atoms with E-state index in [0.29, 0.717) is 11.4 Å². The van der Waals surface area contributed by atoms with Gasteiger partial charge in [-0.3, -0.25) is 4.79 Å². The standard InChI is InChI=1S/C10H7BrN2O2/c1-6-12-10(15-13-6)9(14)7-2-4-8(11)5-3-7/h2-5H,1H3. The molecule has 5 heteroatoms. The second-order valence-electron chi connectivity index (χ2n) is 2.98. The lowest BCUT2D eigenvalue weighted by atomic mass is 10.1. The summed E-state index contributed by atoms with van der Waals surface area (Å²) in [5.41, 5.74) is 0.529. The Hall–Kier alpha value is -1.49. The highest BCUT2D eigenvalue weighted by atomic mass is 79.9. The number of hydrogen-bond donors (Lipinski definition) is 0. The van der Waals surface area contributed by atoms with Crippen LogP contribution in [-0.2, 0) is 0 Å². The first-order valence-electron chi connectivity index (χ1n) is 4.27. The molecule has 0 unspecified atom stereocenters. The van der Waals surface area contributed by atoms with Crippen molar-refractivity contribution in [3.8, 4) is 0 Å². The summed E-state index contributed by atoms with van der Waals surface area (Å²) >= 11 is 3.29. The number of carbonyl (C=O) groups excluding carboxylic acids is 1. The van der Waals surface area contributed by atoms with E-state index in [9.17, 15) is 4.79 Å². The highest BCUT2D eigenvalue weighted by Gasteiger charge is 2.15. The zero-order chi connectivity index (χ0) is 10.8. The maximum absolute atomic E-state index is 11.8. The van der Waals surface area contributed by atoms with Gasteiger partial charge in [0, 0.05) is 10.0 Å².